The summed E-state index contributed by atoms with van der Waals surface area (Å²) >= 11 is 0. The van der Waals surface area contributed by atoms with E-state index in [9.17, 15) is 4.79 Å². The number of benzene rings is 2. The quantitative estimate of drug-likeness (QED) is 0.756. The van der Waals surface area contributed by atoms with E-state index in [-0.39, 0.29) is 11.9 Å². The molecule has 0 spiro atoms. The Bertz CT molecular complexity index is 770. The molecule has 2 aromatic rings. The molecule has 0 saturated carbocycles. The number of carbonyl (C=O) groups is 1. The van der Waals surface area contributed by atoms with Crippen molar-refractivity contribution in [3.8, 4) is 11.5 Å². The first kappa shape index (κ1) is 20.2. The van der Waals surface area contributed by atoms with Gasteiger partial charge in [-0.25, -0.2) is 0 Å². The molecule has 1 amide bonds. The largest absolute Gasteiger partial charge is 0.497 e. The molecule has 1 aliphatic rings. The maximum atomic E-state index is 12.6. The van der Waals surface area contributed by atoms with Gasteiger partial charge in [-0.05, 0) is 69.6 Å². The first-order valence-corrected chi connectivity index (χ1v) is 9.96. The molecule has 0 aromatic heterocycles. The smallest absolute Gasteiger partial charge is 0.260 e. The number of rotatable bonds is 8. The summed E-state index contributed by atoms with van der Waals surface area (Å²) in [7, 11) is 1.68. The molecular weight excluding hydrogens is 352 g/mol. The number of amides is 1. The highest BCUT2D eigenvalue weighted by Crippen LogP contribution is 2.27. The third-order valence-electron chi connectivity index (χ3n) is 5.23. The van der Waals surface area contributed by atoms with E-state index in [1.807, 2.05) is 43.3 Å². The summed E-state index contributed by atoms with van der Waals surface area (Å²) in [6, 6.07) is 16.0. The maximum absolute atomic E-state index is 12.6. The SMILES string of the molecule is COc1cccc(C(CNC(=O)C(C)Oc2ccc(C)cc2)N2CCCC2)c1. The van der Waals surface area contributed by atoms with Crippen LogP contribution in [0.5, 0.6) is 11.5 Å². The number of methoxy groups -OCH3 is 1. The lowest BCUT2D eigenvalue weighted by atomic mass is 10.0. The van der Waals surface area contributed by atoms with Crippen LogP contribution in [0, 0.1) is 6.92 Å². The van der Waals surface area contributed by atoms with E-state index in [1.54, 1.807) is 14.0 Å². The second-order valence-electron chi connectivity index (χ2n) is 7.35. The molecule has 1 N–H and O–H groups in total. The Morgan fingerprint density at radius 3 is 2.50 bits per heavy atom. The Kier molecular flexibility index (Phi) is 6.93. The number of hydrogen-bond donors (Lipinski definition) is 1. The van der Waals surface area contributed by atoms with Crippen molar-refractivity contribution in [3.63, 3.8) is 0 Å². The highest BCUT2D eigenvalue weighted by molar-refractivity contribution is 5.80. The topological polar surface area (TPSA) is 50.8 Å². The number of ether oxygens (including phenoxy) is 2. The van der Waals surface area contributed by atoms with Gasteiger partial charge in [-0.2, -0.15) is 0 Å². The Morgan fingerprint density at radius 2 is 1.82 bits per heavy atom. The minimum absolute atomic E-state index is 0.104. The lowest BCUT2D eigenvalue weighted by molar-refractivity contribution is -0.127. The monoisotopic (exact) mass is 382 g/mol. The third-order valence-corrected chi connectivity index (χ3v) is 5.23. The van der Waals surface area contributed by atoms with Crippen LogP contribution in [0.4, 0.5) is 0 Å². The van der Waals surface area contributed by atoms with Crippen molar-refractivity contribution in [2.24, 2.45) is 0 Å². The molecule has 1 saturated heterocycles. The molecule has 0 aliphatic carbocycles. The van der Waals surface area contributed by atoms with Crippen molar-refractivity contribution in [2.45, 2.75) is 38.8 Å². The average molecular weight is 383 g/mol. The molecule has 0 bridgehead atoms. The summed E-state index contributed by atoms with van der Waals surface area (Å²) in [5, 5.41) is 3.08. The third kappa shape index (κ3) is 5.26. The molecule has 1 heterocycles. The van der Waals surface area contributed by atoms with Crippen molar-refractivity contribution in [1.29, 1.82) is 0 Å². The molecule has 5 heteroatoms. The van der Waals surface area contributed by atoms with Crippen molar-refractivity contribution >= 4 is 5.91 Å². The van der Waals surface area contributed by atoms with Crippen LogP contribution in [0.25, 0.3) is 0 Å². The number of hydrogen-bond acceptors (Lipinski definition) is 4. The van der Waals surface area contributed by atoms with Crippen molar-refractivity contribution < 1.29 is 14.3 Å². The molecule has 2 aromatic carbocycles. The van der Waals surface area contributed by atoms with Gasteiger partial charge in [0.2, 0.25) is 0 Å². The molecule has 28 heavy (non-hydrogen) atoms. The van der Waals surface area contributed by atoms with Crippen LogP contribution in [0.1, 0.15) is 36.9 Å². The first-order chi connectivity index (χ1) is 13.6. The summed E-state index contributed by atoms with van der Waals surface area (Å²) in [5.74, 6) is 1.44. The Labute approximate surface area is 167 Å². The molecule has 2 atom stereocenters. The van der Waals surface area contributed by atoms with Crippen LogP contribution in [0.2, 0.25) is 0 Å². The van der Waals surface area contributed by atoms with E-state index in [1.165, 1.54) is 12.8 Å². The highest BCUT2D eigenvalue weighted by atomic mass is 16.5. The summed E-state index contributed by atoms with van der Waals surface area (Å²) in [6.45, 7) is 6.45. The standard InChI is InChI=1S/C23H30N2O3/c1-17-9-11-20(12-10-17)28-18(2)23(26)24-16-22(25-13-4-5-14-25)19-7-6-8-21(15-19)27-3/h6-12,15,18,22H,4-5,13-14,16H2,1-3H3,(H,24,26). The average Bonchev–Trinajstić information content (AvgIpc) is 3.24. The number of carbonyl (C=O) groups excluding carboxylic acids is 1. The van der Waals surface area contributed by atoms with E-state index in [0.29, 0.717) is 12.3 Å². The van der Waals surface area contributed by atoms with E-state index < -0.39 is 6.10 Å². The molecule has 5 nitrogen and oxygen atoms in total. The van der Waals surface area contributed by atoms with Gasteiger partial charge >= 0.3 is 0 Å². The zero-order valence-corrected chi connectivity index (χ0v) is 17.0. The fraction of sp³-hybridized carbons (Fsp3) is 0.435. The predicted octanol–water partition coefficient (Wildman–Crippen LogP) is 3.72. The van der Waals surface area contributed by atoms with Crippen molar-refractivity contribution in [3.05, 3.63) is 59.7 Å². The van der Waals surface area contributed by atoms with Crippen molar-refractivity contribution in [1.82, 2.24) is 10.2 Å². The number of aryl methyl sites for hydroxylation is 1. The van der Waals surface area contributed by atoms with E-state index >= 15 is 0 Å². The summed E-state index contributed by atoms with van der Waals surface area (Å²) in [6.07, 6.45) is 1.84. The number of nitrogens with one attached hydrogen (secondary N) is 1. The highest BCUT2D eigenvalue weighted by Gasteiger charge is 2.25. The van der Waals surface area contributed by atoms with Crippen LogP contribution in [0.3, 0.4) is 0 Å². The molecule has 1 aliphatic heterocycles. The number of nitrogens with zero attached hydrogens (tertiary/aromatic N) is 1. The van der Waals surface area contributed by atoms with Gasteiger partial charge in [0.15, 0.2) is 6.10 Å². The number of likely N-dealkylation sites (tertiary alicyclic amines) is 1. The molecule has 150 valence electrons. The summed E-state index contributed by atoms with van der Waals surface area (Å²) in [5.41, 5.74) is 2.32. The van der Waals surface area contributed by atoms with Crippen LogP contribution in [-0.4, -0.2) is 43.7 Å². The summed E-state index contributed by atoms with van der Waals surface area (Å²) in [4.78, 5) is 15.0. The van der Waals surface area contributed by atoms with E-state index in [2.05, 4.69) is 22.3 Å². The van der Waals surface area contributed by atoms with E-state index in [4.69, 9.17) is 9.47 Å². The zero-order chi connectivity index (χ0) is 19.9. The second-order valence-corrected chi connectivity index (χ2v) is 7.35. The van der Waals surface area contributed by atoms with Crippen molar-refractivity contribution in [2.75, 3.05) is 26.7 Å². The Balaban J connectivity index is 1.63. The fourth-order valence-corrected chi connectivity index (χ4v) is 3.58. The Hall–Kier alpha value is -2.53. The maximum Gasteiger partial charge on any atom is 0.260 e. The van der Waals surface area contributed by atoms with Crippen LogP contribution in [-0.2, 0) is 4.79 Å². The van der Waals surface area contributed by atoms with Crippen LogP contribution < -0.4 is 14.8 Å². The zero-order valence-electron chi connectivity index (χ0n) is 17.0. The fourth-order valence-electron chi connectivity index (χ4n) is 3.58. The lowest BCUT2D eigenvalue weighted by Gasteiger charge is -2.29. The van der Waals surface area contributed by atoms with Gasteiger partial charge in [0.05, 0.1) is 13.2 Å². The normalized spacial score (nSPS) is 16.4. The Morgan fingerprint density at radius 1 is 1.11 bits per heavy atom. The van der Waals surface area contributed by atoms with Gasteiger partial charge in [0, 0.05) is 6.54 Å². The lowest BCUT2D eigenvalue weighted by Crippen LogP contribution is -2.42. The second kappa shape index (κ2) is 9.60. The predicted molar refractivity (Wildman–Crippen MR) is 111 cm³/mol. The van der Waals surface area contributed by atoms with Gasteiger partial charge in [-0.3, -0.25) is 9.69 Å². The minimum atomic E-state index is -0.549. The molecule has 3 rings (SSSR count). The van der Waals surface area contributed by atoms with Gasteiger partial charge in [-0.1, -0.05) is 29.8 Å². The molecule has 0 radical (unpaired) electrons. The van der Waals surface area contributed by atoms with Gasteiger partial charge in [0.1, 0.15) is 11.5 Å². The van der Waals surface area contributed by atoms with E-state index in [0.717, 1.165) is 30.0 Å². The van der Waals surface area contributed by atoms with Gasteiger partial charge in [0.25, 0.3) is 5.91 Å². The van der Waals surface area contributed by atoms with Crippen LogP contribution >= 0.6 is 0 Å². The summed E-state index contributed by atoms with van der Waals surface area (Å²) < 4.78 is 11.2. The van der Waals surface area contributed by atoms with Gasteiger partial charge in [-0.15, -0.1) is 0 Å². The minimum Gasteiger partial charge on any atom is -0.497 e. The first-order valence-electron chi connectivity index (χ1n) is 9.96. The molecule has 1 fully saturated rings. The van der Waals surface area contributed by atoms with Crippen LogP contribution in [0.15, 0.2) is 48.5 Å². The molecular formula is C23H30N2O3. The molecule has 2 unspecified atom stereocenters. The van der Waals surface area contributed by atoms with Gasteiger partial charge < -0.3 is 14.8 Å².